The van der Waals surface area contributed by atoms with Gasteiger partial charge in [0.1, 0.15) is 11.9 Å². The van der Waals surface area contributed by atoms with Gasteiger partial charge in [-0.15, -0.1) is 0 Å². The van der Waals surface area contributed by atoms with Crippen molar-refractivity contribution < 1.29 is 13.5 Å². The van der Waals surface area contributed by atoms with Crippen LogP contribution in [-0.2, 0) is 13.0 Å². The zero-order valence-electron chi connectivity index (χ0n) is 19.0. The smallest absolute Gasteiger partial charge is 0.280 e. The number of alkyl halides is 2. The lowest BCUT2D eigenvalue weighted by atomic mass is 9.98. The number of halogens is 2. The van der Waals surface area contributed by atoms with Crippen LogP contribution >= 0.6 is 0 Å². The molecule has 0 saturated heterocycles. The zero-order chi connectivity index (χ0) is 24.0. The molecule has 8 nitrogen and oxygen atoms in total. The molecule has 5 rings (SSSR count). The van der Waals surface area contributed by atoms with Crippen molar-refractivity contribution in [1.29, 1.82) is 0 Å². The van der Waals surface area contributed by atoms with Crippen LogP contribution in [0.5, 0.6) is 5.88 Å². The number of aromatic nitrogens is 4. The lowest BCUT2D eigenvalue weighted by molar-refractivity contribution is 0.145. The summed E-state index contributed by atoms with van der Waals surface area (Å²) in [6.45, 7) is 5.10. The number of nitrogens with one attached hydrogen (secondary N) is 1. The van der Waals surface area contributed by atoms with E-state index < -0.39 is 17.7 Å². The number of pyridine rings is 2. The van der Waals surface area contributed by atoms with Crippen molar-refractivity contribution in [3.63, 3.8) is 0 Å². The van der Waals surface area contributed by atoms with E-state index in [1.54, 1.807) is 13.3 Å². The van der Waals surface area contributed by atoms with E-state index in [2.05, 4.69) is 31.3 Å². The van der Waals surface area contributed by atoms with Gasteiger partial charge in [0, 0.05) is 60.9 Å². The second-order valence-corrected chi connectivity index (χ2v) is 8.46. The summed E-state index contributed by atoms with van der Waals surface area (Å²) in [7, 11) is 1.58. The molecule has 0 fully saturated rings. The van der Waals surface area contributed by atoms with Gasteiger partial charge in [-0.05, 0) is 42.7 Å². The molecule has 3 aromatic rings. The monoisotopic (exact) mass is 466 g/mol. The number of fused-ring (bicyclic) bond motifs is 2. The molecule has 0 aliphatic carbocycles. The highest BCUT2D eigenvalue weighted by molar-refractivity contribution is 5.65. The van der Waals surface area contributed by atoms with E-state index in [0.29, 0.717) is 18.0 Å². The van der Waals surface area contributed by atoms with Crippen LogP contribution in [0.4, 0.5) is 8.78 Å². The SMILES string of the molecule is COc1ccc(-c2cnc3c(c2)CN(C2Nn4c(nc(C(F)F)cc4=O)C(C)=C2C)CC3)cn1. The number of hydrogen-bond donors (Lipinski definition) is 1. The molecule has 3 aromatic heterocycles. The van der Waals surface area contributed by atoms with Gasteiger partial charge >= 0.3 is 0 Å². The normalized spacial score (nSPS) is 17.9. The Morgan fingerprint density at radius 3 is 2.65 bits per heavy atom. The average molecular weight is 466 g/mol. The summed E-state index contributed by atoms with van der Waals surface area (Å²) in [5, 5.41) is 0. The molecule has 0 aromatic carbocycles. The predicted octanol–water partition coefficient (Wildman–Crippen LogP) is 3.38. The minimum atomic E-state index is -2.80. The van der Waals surface area contributed by atoms with E-state index >= 15 is 0 Å². The van der Waals surface area contributed by atoms with Crippen LogP contribution in [-0.4, -0.2) is 44.3 Å². The third-order valence-corrected chi connectivity index (χ3v) is 6.46. The molecule has 0 radical (unpaired) electrons. The first-order valence-electron chi connectivity index (χ1n) is 10.9. The van der Waals surface area contributed by atoms with Gasteiger partial charge in [0.2, 0.25) is 5.88 Å². The van der Waals surface area contributed by atoms with Gasteiger partial charge in [-0.1, -0.05) is 0 Å². The van der Waals surface area contributed by atoms with Crippen molar-refractivity contribution in [2.24, 2.45) is 0 Å². The Labute approximate surface area is 194 Å². The van der Waals surface area contributed by atoms with Gasteiger partial charge in [-0.2, -0.15) is 0 Å². The van der Waals surface area contributed by atoms with Gasteiger partial charge in [0.05, 0.1) is 7.11 Å². The quantitative estimate of drug-likeness (QED) is 0.631. The molecule has 0 bridgehead atoms. The fourth-order valence-corrected chi connectivity index (χ4v) is 4.44. The zero-order valence-corrected chi connectivity index (χ0v) is 19.0. The molecule has 0 spiro atoms. The topological polar surface area (TPSA) is 85.2 Å². The van der Waals surface area contributed by atoms with Crippen LogP contribution in [0.25, 0.3) is 16.7 Å². The van der Waals surface area contributed by atoms with Gasteiger partial charge in [-0.3, -0.25) is 20.1 Å². The Morgan fingerprint density at radius 2 is 1.94 bits per heavy atom. The molecule has 0 saturated carbocycles. The second kappa shape index (κ2) is 8.60. The lowest BCUT2D eigenvalue weighted by Gasteiger charge is -2.40. The van der Waals surface area contributed by atoms with Crippen LogP contribution in [0.2, 0.25) is 0 Å². The first-order chi connectivity index (χ1) is 16.4. The highest BCUT2D eigenvalue weighted by Gasteiger charge is 2.32. The molecule has 1 atom stereocenters. The average Bonchev–Trinajstić information content (AvgIpc) is 2.85. The Morgan fingerprint density at radius 1 is 1.15 bits per heavy atom. The number of nitrogens with zero attached hydrogens (tertiary/aromatic N) is 5. The van der Waals surface area contributed by atoms with Crippen molar-refractivity contribution in [1.82, 2.24) is 24.5 Å². The maximum atomic E-state index is 13.2. The third-order valence-electron chi connectivity index (χ3n) is 6.46. The van der Waals surface area contributed by atoms with E-state index in [-0.39, 0.29) is 12.0 Å². The number of rotatable bonds is 4. The molecule has 10 heteroatoms. The number of allylic oxidation sites excluding steroid dienone is 1. The maximum absolute atomic E-state index is 13.2. The Balaban J connectivity index is 1.44. The molecule has 2 aliphatic heterocycles. The highest BCUT2D eigenvalue weighted by atomic mass is 19.3. The number of ether oxygens (including phenoxy) is 1. The van der Waals surface area contributed by atoms with Crippen LogP contribution in [0, 0.1) is 0 Å². The van der Waals surface area contributed by atoms with E-state index in [4.69, 9.17) is 4.74 Å². The summed E-state index contributed by atoms with van der Waals surface area (Å²) in [4.78, 5) is 27.8. The van der Waals surface area contributed by atoms with Gasteiger partial charge < -0.3 is 4.74 Å². The Hall–Kier alpha value is -3.66. The minimum Gasteiger partial charge on any atom is -0.481 e. The Bertz CT molecular complexity index is 1340. The van der Waals surface area contributed by atoms with Crippen molar-refractivity contribution >= 4 is 5.57 Å². The molecule has 176 valence electrons. The molecule has 0 amide bonds. The number of hydrogen-bond acceptors (Lipinski definition) is 7. The molecular formula is C24H24F2N6O2. The van der Waals surface area contributed by atoms with Crippen LogP contribution in [0.1, 0.15) is 43.0 Å². The third kappa shape index (κ3) is 3.83. The molecule has 1 N–H and O–H groups in total. The van der Waals surface area contributed by atoms with E-state index in [1.807, 2.05) is 32.2 Å². The van der Waals surface area contributed by atoms with Crippen LogP contribution in [0.15, 0.2) is 47.0 Å². The number of methoxy groups -OCH3 is 1. The molecular weight excluding hydrogens is 442 g/mol. The first-order valence-corrected chi connectivity index (χ1v) is 10.9. The van der Waals surface area contributed by atoms with Gasteiger partial charge in [0.25, 0.3) is 12.0 Å². The summed E-state index contributed by atoms with van der Waals surface area (Å²) in [5.74, 6) is 0.775. The van der Waals surface area contributed by atoms with Crippen LogP contribution in [0.3, 0.4) is 0 Å². The van der Waals surface area contributed by atoms with E-state index in [9.17, 15) is 13.6 Å². The lowest BCUT2D eigenvalue weighted by Crippen LogP contribution is -2.52. The minimum absolute atomic E-state index is 0.227. The predicted molar refractivity (Wildman–Crippen MR) is 123 cm³/mol. The fourth-order valence-electron chi connectivity index (χ4n) is 4.44. The summed E-state index contributed by atoms with van der Waals surface area (Å²) in [6.07, 6.45) is 1.29. The van der Waals surface area contributed by atoms with Gasteiger partial charge in [-0.25, -0.2) is 23.4 Å². The van der Waals surface area contributed by atoms with Crippen molar-refractivity contribution in [2.75, 3.05) is 19.1 Å². The summed E-state index contributed by atoms with van der Waals surface area (Å²) >= 11 is 0. The van der Waals surface area contributed by atoms with Crippen LogP contribution < -0.4 is 15.7 Å². The summed E-state index contributed by atoms with van der Waals surface area (Å²) in [6, 6.07) is 6.76. The highest BCUT2D eigenvalue weighted by Crippen LogP contribution is 2.30. The van der Waals surface area contributed by atoms with Crippen molar-refractivity contribution in [3.8, 4) is 17.0 Å². The largest absolute Gasteiger partial charge is 0.481 e. The molecule has 5 heterocycles. The van der Waals surface area contributed by atoms with Crippen molar-refractivity contribution in [3.05, 3.63) is 75.4 Å². The van der Waals surface area contributed by atoms with E-state index in [1.165, 1.54) is 4.68 Å². The molecule has 2 aliphatic rings. The van der Waals surface area contributed by atoms with Crippen molar-refractivity contribution in [2.45, 2.75) is 39.4 Å². The molecule has 34 heavy (non-hydrogen) atoms. The van der Waals surface area contributed by atoms with Gasteiger partial charge in [0.15, 0.2) is 5.82 Å². The fraction of sp³-hybridized carbons (Fsp3) is 0.333. The maximum Gasteiger partial charge on any atom is 0.280 e. The first kappa shape index (κ1) is 22.1. The summed E-state index contributed by atoms with van der Waals surface area (Å²) < 4.78 is 32.7. The second-order valence-electron chi connectivity index (χ2n) is 8.46. The molecule has 1 unspecified atom stereocenters. The Kier molecular flexibility index (Phi) is 5.60. The van der Waals surface area contributed by atoms with E-state index in [0.717, 1.165) is 47.0 Å². The summed E-state index contributed by atoms with van der Waals surface area (Å²) in [5.41, 5.74) is 7.81. The standard InChI is InChI=1S/C24H24F2N6O2/c1-13-14(2)24(30-32-21(33)9-19(22(25)26)29-23(13)32)31-7-6-18-17(12-31)8-16(11-27-18)15-4-5-20(34-3)28-10-15/h4-5,8-11,22,24,30H,6-7,12H2,1-3H3.